The summed E-state index contributed by atoms with van der Waals surface area (Å²) in [6, 6.07) is 7.30. The summed E-state index contributed by atoms with van der Waals surface area (Å²) in [7, 11) is 0. The molecule has 0 bridgehead atoms. The quantitative estimate of drug-likeness (QED) is 0.917. The lowest BCUT2D eigenvalue weighted by Gasteiger charge is -2.33. The third-order valence-electron chi connectivity index (χ3n) is 3.93. The largest absolute Gasteiger partial charge is 0.450 e. The van der Waals surface area contributed by atoms with Crippen LogP contribution in [-0.4, -0.2) is 59.6 Å². The van der Waals surface area contributed by atoms with Crippen LogP contribution in [0.2, 0.25) is 5.02 Å². The molecule has 0 aliphatic carbocycles. The molecule has 23 heavy (non-hydrogen) atoms. The summed E-state index contributed by atoms with van der Waals surface area (Å²) in [6.45, 7) is 4.06. The van der Waals surface area contributed by atoms with Gasteiger partial charge < -0.3 is 19.5 Å². The third kappa shape index (κ3) is 3.12. The summed E-state index contributed by atoms with van der Waals surface area (Å²) in [4.78, 5) is 30.7. The van der Waals surface area contributed by atoms with Crippen molar-refractivity contribution in [3.8, 4) is 0 Å². The van der Waals surface area contributed by atoms with Gasteiger partial charge in [-0.25, -0.2) is 4.79 Å². The highest BCUT2D eigenvalue weighted by Gasteiger charge is 2.26. The van der Waals surface area contributed by atoms with Crippen LogP contribution in [-0.2, 0) is 4.74 Å². The van der Waals surface area contributed by atoms with Gasteiger partial charge in [0.05, 0.1) is 6.61 Å². The number of fused-ring (bicyclic) bond motifs is 1. The molecule has 0 saturated carbocycles. The molecule has 0 unspecified atom stereocenters. The van der Waals surface area contributed by atoms with Gasteiger partial charge in [0.2, 0.25) is 0 Å². The number of piperazine rings is 1. The number of carbonyl (C=O) groups excluding carboxylic acids is 2. The standard InChI is InChI=1S/C16H18ClN3O3/c1-2-23-16(22)20-8-6-19(7-9-20)15(21)14-10-11-12(17)4-3-5-13(11)18-14/h3-5,10,18H,2,6-9H2,1H3. The van der Waals surface area contributed by atoms with Crippen LogP contribution in [0.3, 0.4) is 0 Å². The minimum absolute atomic E-state index is 0.0826. The second-order valence-corrected chi connectivity index (χ2v) is 5.77. The van der Waals surface area contributed by atoms with Crippen LogP contribution in [0, 0.1) is 0 Å². The van der Waals surface area contributed by atoms with Crippen LogP contribution < -0.4 is 0 Å². The van der Waals surface area contributed by atoms with E-state index in [-0.39, 0.29) is 12.0 Å². The number of halogens is 1. The summed E-state index contributed by atoms with van der Waals surface area (Å²) < 4.78 is 4.98. The zero-order chi connectivity index (χ0) is 16.4. The highest BCUT2D eigenvalue weighted by atomic mass is 35.5. The Labute approximate surface area is 138 Å². The number of aromatic amines is 1. The minimum atomic E-state index is -0.322. The number of nitrogens with one attached hydrogen (secondary N) is 1. The minimum Gasteiger partial charge on any atom is -0.450 e. The molecule has 2 amide bonds. The van der Waals surface area contributed by atoms with Crippen molar-refractivity contribution in [1.29, 1.82) is 0 Å². The van der Waals surface area contributed by atoms with Gasteiger partial charge in [-0.15, -0.1) is 0 Å². The van der Waals surface area contributed by atoms with Gasteiger partial charge in [-0.3, -0.25) is 4.79 Å². The molecule has 0 spiro atoms. The topological polar surface area (TPSA) is 65.6 Å². The Morgan fingerprint density at radius 2 is 1.91 bits per heavy atom. The van der Waals surface area contributed by atoms with Gasteiger partial charge in [0.15, 0.2) is 0 Å². The van der Waals surface area contributed by atoms with Crippen LogP contribution in [0.5, 0.6) is 0 Å². The van der Waals surface area contributed by atoms with E-state index in [4.69, 9.17) is 16.3 Å². The fourth-order valence-corrected chi connectivity index (χ4v) is 2.94. The number of hydrogen-bond acceptors (Lipinski definition) is 3. The molecule has 1 aromatic heterocycles. The number of benzene rings is 1. The van der Waals surface area contributed by atoms with E-state index in [1.54, 1.807) is 28.9 Å². The molecular weight excluding hydrogens is 318 g/mol. The van der Waals surface area contributed by atoms with E-state index in [1.807, 2.05) is 12.1 Å². The molecule has 1 aliphatic heterocycles. The van der Waals surface area contributed by atoms with Crippen LogP contribution in [0.25, 0.3) is 10.9 Å². The lowest BCUT2D eigenvalue weighted by molar-refractivity contribution is 0.0566. The Morgan fingerprint density at radius 1 is 1.22 bits per heavy atom. The van der Waals surface area contributed by atoms with E-state index in [0.717, 1.165) is 10.9 Å². The maximum Gasteiger partial charge on any atom is 0.409 e. The fraction of sp³-hybridized carbons (Fsp3) is 0.375. The van der Waals surface area contributed by atoms with Gasteiger partial charge in [0, 0.05) is 42.1 Å². The number of hydrogen-bond donors (Lipinski definition) is 1. The normalized spacial score (nSPS) is 15.0. The molecule has 6 nitrogen and oxygen atoms in total. The smallest absolute Gasteiger partial charge is 0.409 e. The number of amides is 2. The molecule has 0 atom stereocenters. The summed E-state index contributed by atoms with van der Waals surface area (Å²) in [6.07, 6.45) is -0.322. The van der Waals surface area contributed by atoms with Gasteiger partial charge in [-0.05, 0) is 25.1 Å². The second kappa shape index (κ2) is 6.50. The van der Waals surface area contributed by atoms with E-state index in [2.05, 4.69) is 4.98 Å². The first-order valence-electron chi connectivity index (χ1n) is 7.58. The molecule has 1 fully saturated rings. The number of ether oxygens (including phenoxy) is 1. The van der Waals surface area contributed by atoms with Crippen molar-refractivity contribution in [2.24, 2.45) is 0 Å². The number of H-pyrrole nitrogens is 1. The first-order valence-corrected chi connectivity index (χ1v) is 7.96. The van der Waals surface area contributed by atoms with E-state index >= 15 is 0 Å². The molecule has 2 heterocycles. The van der Waals surface area contributed by atoms with Crippen LogP contribution in [0.1, 0.15) is 17.4 Å². The average molecular weight is 336 g/mol. The predicted octanol–water partition coefficient (Wildman–Crippen LogP) is 2.74. The lowest BCUT2D eigenvalue weighted by Crippen LogP contribution is -2.50. The number of carbonyl (C=O) groups is 2. The molecule has 1 aliphatic rings. The summed E-state index contributed by atoms with van der Waals surface area (Å²) >= 11 is 6.14. The Morgan fingerprint density at radius 3 is 2.57 bits per heavy atom. The molecule has 1 saturated heterocycles. The van der Waals surface area contributed by atoms with Crippen molar-refractivity contribution in [2.75, 3.05) is 32.8 Å². The van der Waals surface area contributed by atoms with Crippen molar-refractivity contribution < 1.29 is 14.3 Å². The summed E-state index contributed by atoms with van der Waals surface area (Å²) in [5.41, 5.74) is 1.35. The van der Waals surface area contributed by atoms with Gasteiger partial charge in [-0.2, -0.15) is 0 Å². The SMILES string of the molecule is CCOC(=O)N1CCN(C(=O)c2cc3c(Cl)cccc3[nH]2)CC1. The summed E-state index contributed by atoms with van der Waals surface area (Å²) in [5.74, 6) is -0.0826. The van der Waals surface area contributed by atoms with Crippen LogP contribution in [0.4, 0.5) is 4.79 Å². The maximum absolute atomic E-state index is 12.6. The second-order valence-electron chi connectivity index (χ2n) is 5.36. The molecule has 3 rings (SSSR count). The number of nitrogens with zero attached hydrogens (tertiary/aromatic N) is 2. The Bertz CT molecular complexity index is 735. The Balaban J connectivity index is 1.69. The van der Waals surface area contributed by atoms with Crippen molar-refractivity contribution in [2.45, 2.75) is 6.92 Å². The highest BCUT2D eigenvalue weighted by Crippen LogP contribution is 2.24. The zero-order valence-corrected chi connectivity index (χ0v) is 13.6. The van der Waals surface area contributed by atoms with Crippen molar-refractivity contribution >= 4 is 34.5 Å². The predicted molar refractivity (Wildman–Crippen MR) is 87.8 cm³/mol. The molecular formula is C16H18ClN3O3. The monoisotopic (exact) mass is 335 g/mol. The van der Waals surface area contributed by atoms with Crippen LogP contribution in [0.15, 0.2) is 24.3 Å². The zero-order valence-electron chi connectivity index (χ0n) is 12.8. The highest BCUT2D eigenvalue weighted by molar-refractivity contribution is 6.35. The van der Waals surface area contributed by atoms with Gasteiger partial charge in [0.25, 0.3) is 5.91 Å². The van der Waals surface area contributed by atoms with Crippen molar-refractivity contribution in [3.05, 3.63) is 35.0 Å². The maximum atomic E-state index is 12.6. The number of rotatable bonds is 2. The number of aromatic nitrogens is 1. The molecule has 0 radical (unpaired) electrons. The summed E-state index contributed by atoms with van der Waals surface area (Å²) in [5, 5.41) is 1.45. The molecule has 1 N–H and O–H groups in total. The van der Waals surface area contributed by atoms with Gasteiger partial charge >= 0.3 is 6.09 Å². The first-order chi connectivity index (χ1) is 11.1. The van der Waals surface area contributed by atoms with E-state index in [0.29, 0.717) is 43.5 Å². The Hall–Kier alpha value is -2.21. The fourth-order valence-electron chi connectivity index (χ4n) is 2.71. The molecule has 7 heteroatoms. The average Bonchev–Trinajstić information content (AvgIpc) is 3.00. The third-order valence-corrected chi connectivity index (χ3v) is 4.26. The van der Waals surface area contributed by atoms with E-state index in [1.165, 1.54) is 0 Å². The van der Waals surface area contributed by atoms with Crippen molar-refractivity contribution in [1.82, 2.24) is 14.8 Å². The van der Waals surface area contributed by atoms with Crippen molar-refractivity contribution in [3.63, 3.8) is 0 Å². The van der Waals surface area contributed by atoms with Gasteiger partial charge in [0.1, 0.15) is 5.69 Å². The van der Waals surface area contributed by atoms with Crippen LogP contribution >= 0.6 is 11.6 Å². The first kappa shape index (κ1) is 15.7. The van der Waals surface area contributed by atoms with E-state index in [9.17, 15) is 9.59 Å². The lowest BCUT2D eigenvalue weighted by atomic mass is 10.2. The van der Waals surface area contributed by atoms with Gasteiger partial charge in [-0.1, -0.05) is 17.7 Å². The molecule has 1 aromatic carbocycles. The van der Waals surface area contributed by atoms with E-state index < -0.39 is 0 Å². The molecule has 122 valence electrons. The Kier molecular flexibility index (Phi) is 4.43. The molecule has 2 aromatic rings.